The van der Waals surface area contributed by atoms with Gasteiger partial charge in [-0.3, -0.25) is 0 Å². The number of hydrogen-bond donors (Lipinski definition) is 2. The zero-order chi connectivity index (χ0) is 21.6. The van der Waals surface area contributed by atoms with Crippen molar-refractivity contribution in [1.29, 1.82) is 0 Å². The summed E-state index contributed by atoms with van der Waals surface area (Å²) in [5, 5.41) is 17.9. The first-order valence-electron chi connectivity index (χ1n) is 10.6. The Bertz CT molecular complexity index is 772. The van der Waals surface area contributed by atoms with Crippen molar-refractivity contribution in [3.63, 3.8) is 0 Å². The molecule has 0 aliphatic heterocycles. The number of alkyl halides is 1. The number of benzene rings is 2. The molecule has 2 N–H and O–H groups in total. The summed E-state index contributed by atoms with van der Waals surface area (Å²) in [5.74, 6) is 0.974. The van der Waals surface area contributed by atoms with Crippen molar-refractivity contribution in [2.45, 2.75) is 64.4 Å². The van der Waals surface area contributed by atoms with Crippen LogP contribution in [-0.4, -0.2) is 34.7 Å². The zero-order valence-corrected chi connectivity index (χ0v) is 19.4. The maximum atomic E-state index is 9.14. The summed E-state index contributed by atoms with van der Waals surface area (Å²) >= 11 is 3.66. The molecule has 2 fully saturated rings. The van der Waals surface area contributed by atoms with Crippen molar-refractivity contribution >= 4 is 23.0 Å². The third kappa shape index (κ3) is 8.64. The molecule has 32 heavy (non-hydrogen) atoms. The van der Waals surface area contributed by atoms with Crippen LogP contribution in [0.3, 0.4) is 0 Å². The second-order valence-electron chi connectivity index (χ2n) is 8.96. The topological polar surface area (TPSA) is 58.9 Å². The van der Waals surface area contributed by atoms with Crippen LogP contribution in [0.5, 0.6) is 0 Å². The Labute approximate surface area is 203 Å². The maximum absolute atomic E-state index is 9.14. The van der Waals surface area contributed by atoms with Gasteiger partial charge >= 0.3 is 7.12 Å². The Kier molecular flexibility index (Phi) is 11.6. The molecule has 0 heterocycles. The van der Waals surface area contributed by atoms with Crippen LogP contribution in [0.4, 0.5) is 0 Å². The minimum absolute atomic E-state index is 0. The van der Waals surface area contributed by atoms with Crippen molar-refractivity contribution in [1.82, 2.24) is 0 Å². The summed E-state index contributed by atoms with van der Waals surface area (Å²) in [6.45, 7) is 6.91. The lowest BCUT2D eigenvalue weighted by Gasteiger charge is -2.09. The quantitative estimate of drug-likeness (QED) is 0.318. The SMILES string of the molecule is C.C.CC1(B(O)O)CC1COCc1ccccc1.CC1(Br)CC1COCc1ccccc1. The van der Waals surface area contributed by atoms with Crippen LogP contribution in [0.2, 0.25) is 5.31 Å². The smallest absolute Gasteiger partial charge is 0.427 e. The molecule has 2 aromatic rings. The average molecular weight is 507 g/mol. The van der Waals surface area contributed by atoms with E-state index in [1.54, 1.807) is 0 Å². The summed E-state index contributed by atoms with van der Waals surface area (Å²) in [5.41, 5.74) is 2.40. The summed E-state index contributed by atoms with van der Waals surface area (Å²) in [4.78, 5) is 0. The number of ether oxygens (including phenoxy) is 2. The van der Waals surface area contributed by atoms with Gasteiger partial charge in [-0.25, -0.2) is 0 Å². The first-order chi connectivity index (χ1) is 14.3. The predicted molar refractivity (Wildman–Crippen MR) is 138 cm³/mol. The standard InChI is InChI=1S/C12H17BO3.C12H15BrO.2CH4/c1-12(13(14)15)7-11(12)9-16-8-10-5-3-2-4-6-10;1-12(13)7-11(12)9-14-8-10-5-3-2-4-6-10;;/h2-6,11,14-15H,7-9H2,1H3;2-6,11H,7-9H2,1H3;2*1H4. The van der Waals surface area contributed by atoms with Crippen molar-refractivity contribution in [2.75, 3.05) is 13.2 Å². The molecule has 178 valence electrons. The highest BCUT2D eigenvalue weighted by atomic mass is 79.9. The summed E-state index contributed by atoms with van der Waals surface area (Å²) < 4.78 is 11.6. The van der Waals surface area contributed by atoms with Gasteiger partial charge in [-0.2, -0.15) is 0 Å². The van der Waals surface area contributed by atoms with Gasteiger partial charge in [0.1, 0.15) is 0 Å². The molecule has 4 nitrogen and oxygen atoms in total. The third-order valence-electron chi connectivity index (χ3n) is 6.25. The first-order valence-corrected chi connectivity index (χ1v) is 11.4. The van der Waals surface area contributed by atoms with E-state index in [9.17, 15) is 0 Å². The van der Waals surface area contributed by atoms with Crippen molar-refractivity contribution in [2.24, 2.45) is 11.8 Å². The molecule has 6 heteroatoms. The van der Waals surface area contributed by atoms with Gasteiger partial charge in [-0.1, -0.05) is 98.4 Å². The molecule has 2 saturated carbocycles. The van der Waals surface area contributed by atoms with E-state index in [4.69, 9.17) is 19.5 Å². The second kappa shape index (κ2) is 12.9. The average Bonchev–Trinajstić information content (AvgIpc) is 3.59. The van der Waals surface area contributed by atoms with Gasteiger partial charge in [-0.15, -0.1) is 0 Å². The normalized spacial score (nSPS) is 27.2. The van der Waals surface area contributed by atoms with Gasteiger partial charge in [0, 0.05) is 16.2 Å². The highest BCUT2D eigenvalue weighted by molar-refractivity contribution is 9.10. The first kappa shape index (κ1) is 28.9. The summed E-state index contributed by atoms with van der Waals surface area (Å²) in [7, 11) is -1.22. The lowest BCUT2D eigenvalue weighted by atomic mass is 9.69. The summed E-state index contributed by atoms with van der Waals surface area (Å²) in [6.07, 6.45) is 2.07. The Morgan fingerprint density at radius 1 is 0.812 bits per heavy atom. The number of rotatable bonds is 9. The van der Waals surface area contributed by atoms with E-state index in [0.29, 0.717) is 23.5 Å². The van der Waals surface area contributed by atoms with Crippen LogP contribution in [-0.2, 0) is 22.7 Å². The van der Waals surface area contributed by atoms with Gasteiger partial charge in [0.15, 0.2) is 0 Å². The molecule has 2 aliphatic carbocycles. The van der Waals surface area contributed by atoms with E-state index in [0.717, 1.165) is 25.2 Å². The maximum Gasteiger partial charge on any atom is 0.458 e. The van der Waals surface area contributed by atoms with Crippen LogP contribution < -0.4 is 0 Å². The lowest BCUT2D eigenvalue weighted by molar-refractivity contribution is 0.107. The molecular formula is C26H40BBrO4. The highest BCUT2D eigenvalue weighted by Gasteiger charge is 2.57. The number of halogens is 1. The van der Waals surface area contributed by atoms with Crippen LogP contribution in [0.1, 0.15) is 52.7 Å². The van der Waals surface area contributed by atoms with E-state index in [2.05, 4.69) is 35.0 Å². The van der Waals surface area contributed by atoms with Gasteiger partial charge in [-0.05, 0) is 42.7 Å². The molecule has 0 spiro atoms. The van der Waals surface area contributed by atoms with E-state index in [-0.39, 0.29) is 26.1 Å². The molecule has 4 rings (SSSR count). The molecule has 4 unspecified atom stereocenters. The van der Waals surface area contributed by atoms with Gasteiger partial charge < -0.3 is 19.5 Å². The highest BCUT2D eigenvalue weighted by Crippen LogP contribution is 2.60. The van der Waals surface area contributed by atoms with Crippen molar-refractivity contribution < 1.29 is 19.5 Å². The van der Waals surface area contributed by atoms with Gasteiger partial charge in [0.25, 0.3) is 0 Å². The van der Waals surface area contributed by atoms with Crippen LogP contribution in [0.15, 0.2) is 60.7 Å². The van der Waals surface area contributed by atoms with E-state index in [1.807, 2.05) is 55.5 Å². The third-order valence-corrected chi connectivity index (χ3v) is 7.22. The lowest BCUT2D eigenvalue weighted by Crippen LogP contribution is -2.21. The van der Waals surface area contributed by atoms with Gasteiger partial charge in [0.05, 0.1) is 19.8 Å². The van der Waals surface area contributed by atoms with Crippen LogP contribution in [0.25, 0.3) is 0 Å². The van der Waals surface area contributed by atoms with E-state index >= 15 is 0 Å². The molecule has 0 bridgehead atoms. The minimum Gasteiger partial charge on any atom is -0.427 e. The van der Waals surface area contributed by atoms with Crippen molar-refractivity contribution in [3.05, 3.63) is 71.8 Å². The van der Waals surface area contributed by atoms with Gasteiger partial charge in [0.2, 0.25) is 0 Å². The fourth-order valence-corrected chi connectivity index (χ4v) is 4.00. The Morgan fingerprint density at radius 3 is 1.56 bits per heavy atom. The molecular weight excluding hydrogens is 467 g/mol. The molecule has 4 atom stereocenters. The summed E-state index contributed by atoms with van der Waals surface area (Å²) in [6, 6.07) is 20.3. The molecule has 2 aliphatic rings. The zero-order valence-electron chi connectivity index (χ0n) is 17.8. The Hall–Kier alpha value is -1.18. The van der Waals surface area contributed by atoms with Crippen LogP contribution >= 0.6 is 15.9 Å². The predicted octanol–water partition coefficient (Wildman–Crippen LogP) is 6.11. The fraction of sp³-hybridized carbons (Fsp3) is 0.538. The van der Waals surface area contributed by atoms with Crippen molar-refractivity contribution in [3.8, 4) is 0 Å². The monoisotopic (exact) mass is 506 g/mol. The minimum atomic E-state index is -1.22. The molecule has 0 saturated heterocycles. The Morgan fingerprint density at radius 2 is 1.22 bits per heavy atom. The fourth-order valence-electron chi connectivity index (χ4n) is 3.48. The molecule has 0 radical (unpaired) electrons. The number of hydrogen-bond acceptors (Lipinski definition) is 4. The molecule has 0 aromatic heterocycles. The van der Waals surface area contributed by atoms with Crippen LogP contribution in [0, 0.1) is 11.8 Å². The molecule has 0 amide bonds. The largest absolute Gasteiger partial charge is 0.458 e. The van der Waals surface area contributed by atoms with E-state index in [1.165, 1.54) is 12.0 Å². The van der Waals surface area contributed by atoms with E-state index < -0.39 is 7.12 Å². The Balaban J connectivity index is 0.000000303. The molecule has 2 aromatic carbocycles. The second-order valence-corrected chi connectivity index (χ2v) is 10.8.